The van der Waals surface area contributed by atoms with Crippen LogP contribution < -0.4 is 15.6 Å². The van der Waals surface area contributed by atoms with Crippen LogP contribution in [0.4, 0.5) is 0 Å². The molecule has 5 rings (SSSR count). The number of nitrogens with zero attached hydrogens (tertiary/aromatic N) is 4. The number of aromatic nitrogens is 3. The fourth-order valence-electron chi connectivity index (χ4n) is 4.28. The molecule has 4 aromatic heterocycles. The lowest BCUT2D eigenvalue weighted by Gasteiger charge is -2.32. The molecule has 0 unspecified atom stereocenters. The summed E-state index contributed by atoms with van der Waals surface area (Å²) in [7, 11) is 1.61. The second kappa shape index (κ2) is 9.86. The summed E-state index contributed by atoms with van der Waals surface area (Å²) in [5.41, 5.74) is 3.61. The second-order valence-corrected chi connectivity index (χ2v) is 9.07. The van der Waals surface area contributed by atoms with E-state index in [4.69, 9.17) is 9.26 Å². The minimum absolute atomic E-state index is 0.0106. The first-order valence-electron chi connectivity index (χ1n) is 11.2. The van der Waals surface area contributed by atoms with Crippen LogP contribution >= 0.6 is 11.3 Å². The van der Waals surface area contributed by atoms with Crippen LogP contribution in [-0.2, 0) is 13.1 Å². The summed E-state index contributed by atoms with van der Waals surface area (Å²) in [6, 6.07) is 9.74. The summed E-state index contributed by atoms with van der Waals surface area (Å²) < 4.78 is 12.6. The Morgan fingerprint density at radius 2 is 2.09 bits per heavy atom. The van der Waals surface area contributed by atoms with Crippen molar-refractivity contribution in [3.63, 3.8) is 0 Å². The van der Waals surface area contributed by atoms with Crippen molar-refractivity contribution in [1.29, 1.82) is 0 Å². The van der Waals surface area contributed by atoms with E-state index in [1.807, 2.05) is 23.6 Å². The number of hydrogen-bond acceptors (Lipinski definition) is 8. The van der Waals surface area contributed by atoms with Gasteiger partial charge in [-0.2, -0.15) is 11.3 Å². The molecule has 1 aliphatic heterocycles. The highest BCUT2D eigenvalue weighted by Gasteiger charge is 2.19. The van der Waals surface area contributed by atoms with Crippen molar-refractivity contribution in [3.8, 4) is 17.1 Å². The molecular weight excluding hydrogens is 438 g/mol. The van der Waals surface area contributed by atoms with Gasteiger partial charge in [0.2, 0.25) is 0 Å². The zero-order chi connectivity index (χ0) is 22.6. The Bertz CT molecular complexity index is 1260. The second-order valence-electron chi connectivity index (χ2n) is 8.29. The van der Waals surface area contributed by atoms with E-state index in [0.717, 1.165) is 60.5 Å². The van der Waals surface area contributed by atoms with Crippen LogP contribution in [0.25, 0.3) is 22.4 Å². The fraction of sp³-hybridized carbons (Fsp3) is 0.375. The Hall–Kier alpha value is -3.01. The Kier molecular flexibility index (Phi) is 6.52. The van der Waals surface area contributed by atoms with Crippen molar-refractivity contribution in [2.24, 2.45) is 0 Å². The van der Waals surface area contributed by atoms with Crippen molar-refractivity contribution in [2.75, 3.05) is 26.7 Å². The molecule has 0 amide bonds. The molecule has 33 heavy (non-hydrogen) atoms. The van der Waals surface area contributed by atoms with Gasteiger partial charge in [0.15, 0.2) is 5.76 Å². The third kappa shape index (κ3) is 5.00. The largest absolute Gasteiger partial charge is 0.495 e. The molecule has 172 valence electrons. The normalized spacial score (nSPS) is 15.3. The molecule has 0 radical (unpaired) electrons. The number of piperidine rings is 1. The van der Waals surface area contributed by atoms with Crippen LogP contribution in [0.5, 0.6) is 5.75 Å². The first-order chi connectivity index (χ1) is 16.2. The third-order valence-electron chi connectivity index (χ3n) is 6.21. The molecule has 4 aromatic rings. The lowest BCUT2D eigenvalue weighted by Crippen LogP contribution is -2.43. The molecule has 0 aromatic carbocycles. The highest BCUT2D eigenvalue weighted by molar-refractivity contribution is 7.08. The third-order valence-corrected chi connectivity index (χ3v) is 6.90. The van der Waals surface area contributed by atoms with E-state index in [2.05, 4.69) is 25.7 Å². The van der Waals surface area contributed by atoms with E-state index >= 15 is 0 Å². The summed E-state index contributed by atoms with van der Waals surface area (Å²) in [5, 5.41) is 11.9. The van der Waals surface area contributed by atoms with Crippen LogP contribution in [0.3, 0.4) is 0 Å². The van der Waals surface area contributed by atoms with Gasteiger partial charge >= 0.3 is 0 Å². The Labute approximate surface area is 195 Å². The van der Waals surface area contributed by atoms with Crippen molar-refractivity contribution >= 4 is 22.4 Å². The maximum absolute atomic E-state index is 12.5. The minimum Gasteiger partial charge on any atom is -0.495 e. The molecule has 5 heterocycles. The lowest BCUT2D eigenvalue weighted by molar-refractivity contribution is 0.191. The topological polar surface area (TPSA) is 85.4 Å². The van der Waals surface area contributed by atoms with Gasteiger partial charge in [-0.05, 0) is 43.4 Å². The number of fused-ring (bicyclic) bond motifs is 1. The SMILES string of the molecule is COc1cnc2ccc(=O)n(CCN3CCC(NCc4cc(-c5ccsc5)on4)CC3)c2c1. The van der Waals surface area contributed by atoms with Crippen molar-refractivity contribution in [2.45, 2.75) is 32.0 Å². The predicted molar refractivity (Wildman–Crippen MR) is 129 cm³/mol. The molecule has 0 atom stereocenters. The highest BCUT2D eigenvalue weighted by atomic mass is 32.1. The maximum Gasteiger partial charge on any atom is 0.251 e. The number of hydrogen-bond donors (Lipinski definition) is 1. The molecule has 0 saturated carbocycles. The van der Waals surface area contributed by atoms with Gasteiger partial charge < -0.3 is 24.0 Å². The van der Waals surface area contributed by atoms with Gasteiger partial charge in [0.1, 0.15) is 5.75 Å². The molecule has 0 bridgehead atoms. The smallest absolute Gasteiger partial charge is 0.251 e. The van der Waals surface area contributed by atoms with Crippen LogP contribution in [0.2, 0.25) is 0 Å². The molecule has 9 heteroatoms. The Balaban J connectivity index is 1.13. The van der Waals surface area contributed by atoms with Crippen LogP contribution in [0.15, 0.2) is 56.6 Å². The average molecular weight is 466 g/mol. The average Bonchev–Trinajstić information content (AvgIpc) is 3.55. The number of nitrogens with one attached hydrogen (secondary N) is 1. The zero-order valence-corrected chi connectivity index (χ0v) is 19.4. The predicted octanol–water partition coefficient (Wildman–Crippen LogP) is 3.38. The number of ether oxygens (including phenoxy) is 1. The molecule has 1 saturated heterocycles. The summed E-state index contributed by atoms with van der Waals surface area (Å²) in [6.45, 7) is 4.16. The number of pyridine rings is 2. The summed E-state index contributed by atoms with van der Waals surface area (Å²) in [5.74, 6) is 1.47. The Morgan fingerprint density at radius 3 is 2.88 bits per heavy atom. The zero-order valence-electron chi connectivity index (χ0n) is 18.6. The van der Waals surface area contributed by atoms with Gasteiger partial charge in [-0.1, -0.05) is 5.16 Å². The number of likely N-dealkylation sites (tertiary alicyclic amines) is 1. The van der Waals surface area contributed by atoms with Crippen LogP contribution in [0, 0.1) is 0 Å². The first-order valence-corrected chi connectivity index (χ1v) is 12.1. The van der Waals surface area contributed by atoms with Gasteiger partial charge in [0.05, 0.1) is 30.0 Å². The van der Waals surface area contributed by atoms with Gasteiger partial charge in [-0.25, -0.2) is 0 Å². The van der Waals surface area contributed by atoms with Crippen molar-refractivity contribution in [3.05, 3.63) is 63.3 Å². The van der Waals surface area contributed by atoms with Gasteiger partial charge in [0, 0.05) is 54.8 Å². The highest BCUT2D eigenvalue weighted by Crippen LogP contribution is 2.23. The van der Waals surface area contributed by atoms with Gasteiger partial charge in [0.25, 0.3) is 5.56 Å². The summed E-state index contributed by atoms with van der Waals surface area (Å²) >= 11 is 1.65. The van der Waals surface area contributed by atoms with E-state index in [1.165, 1.54) is 0 Å². The van der Waals surface area contributed by atoms with Crippen molar-refractivity contribution < 1.29 is 9.26 Å². The standard InChI is InChI=1S/C24H27N5O3S/c1-31-20-13-22-21(26-15-20)2-3-24(30)29(22)10-9-28-7-4-18(5-8-28)25-14-19-12-23(32-27-19)17-6-11-33-16-17/h2-3,6,11-13,15-16,18,25H,4-5,7-10,14H2,1H3. The van der Waals surface area contributed by atoms with E-state index in [-0.39, 0.29) is 5.56 Å². The number of methoxy groups -OCH3 is 1. The summed E-state index contributed by atoms with van der Waals surface area (Å²) in [4.78, 5) is 19.3. The van der Waals surface area contributed by atoms with Crippen LogP contribution in [0.1, 0.15) is 18.5 Å². The molecule has 8 nitrogen and oxygen atoms in total. The molecule has 0 aliphatic carbocycles. The summed E-state index contributed by atoms with van der Waals surface area (Å²) in [6.07, 6.45) is 3.81. The van der Waals surface area contributed by atoms with Gasteiger partial charge in [-0.15, -0.1) is 0 Å². The number of rotatable bonds is 8. The molecule has 1 fully saturated rings. The minimum atomic E-state index is -0.0106. The maximum atomic E-state index is 12.5. The monoisotopic (exact) mass is 465 g/mol. The first kappa shape index (κ1) is 21.8. The van der Waals surface area contributed by atoms with E-state index < -0.39 is 0 Å². The van der Waals surface area contributed by atoms with E-state index in [0.29, 0.717) is 24.9 Å². The molecular formula is C24H27N5O3S. The quantitative estimate of drug-likeness (QED) is 0.427. The molecule has 1 N–H and O–H groups in total. The molecule has 0 spiro atoms. The van der Waals surface area contributed by atoms with Crippen LogP contribution in [-0.4, -0.2) is 52.4 Å². The van der Waals surface area contributed by atoms with E-state index in [1.54, 1.807) is 41.3 Å². The van der Waals surface area contributed by atoms with Crippen molar-refractivity contribution in [1.82, 2.24) is 24.9 Å². The fourth-order valence-corrected chi connectivity index (χ4v) is 4.92. The lowest BCUT2D eigenvalue weighted by atomic mass is 10.0. The Morgan fingerprint density at radius 1 is 1.21 bits per heavy atom. The van der Waals surface area contributed by atoms with Gasteiger partial charge in [-0.3, -0.25) is 9.78 Å². The molecule has 1 aliphatic rings. The van der Waals surface area contributed by atoms with E-state index in [9.17, 15) is 4.79 Å². The number of thiophene rings is 1.